The Morgan fingerprint density at radius 2 is 1.89 bits per heavy atom. The Morgan fingerprint density at radius 3 is 2.47 bits per heavy atom. The highest BCUT2D eigenvalue weighted by molar-refractivity contribution is 7.89. The molecule has 6 heteroatoms. The number of hydrogen-bond donors (Lipinski definition) is 0. The summed E-state index contributed by atoms with van der Waals surface area (Å²) in [5.41, 5.74) is 0.995. The van der Waals surface area contributed by atoms with Crippen molar-refractivity contribution in [1.82, 2.24) is 4.31 Å². The molecule has 0 bridgehead atoms. The van der Waals surface area contributed by atoms with E-state index in [0.717, 1.165) is 12.8 Å². The molecular weight excluding hydrogens is 266 g/mol. The molecule has 1 fully saturated rings. The van der Waals surface area contributed by atoms with Gasteiger partial charge in [-0.1, -0.05) is 6.07 Å². The molecule has 1 aromatic rings. The first kappa shape index (κ1) is 14.0. The molecule has 0 spiro atoms. The zero-order chi connectivity index (χ0) is 14.0. The van der Waals surface area contributed by atoms with Gasteiger partial charge in [0.15, 0.2) is 0 Å². The van der Waals surface area contributed by atoms with Crippen LogP contribution >= 0.6 is 0 Å². The normalized spacial score (nSPS) is 16.5. The topological polar surface area (TPSA) is 63.7 Å². The fourth-order valence-electron chi connectivity index (χ4n) is 2.17. The summed E-state index contributed by atoms with van der Waals surface area (Å²) in [7, 11) is -2.21. The zero-order valence-corrected chi connectivity index (χ0v) is 11.9. The largest absolute Gasteiger partial charge is 0.465 e. The highest BCUT2D eigenvalue weighted by Gasteiger charge is 2.28. The average Bonchev–Trinajstić information content (AvgIpc) is 2.92. The monoisotopic (exact) mass is 283 g/mol. The van der Waals surface area contributed by atoms with Crippen LogP contribution in [0.25, 0.3) is 0 Å². The fourth-order valence-corrected chi connectivity index (χ4v) is 3.71. The first-order chi connectivity index (χ1) is 8.96. The number of methoxy groups -OCH3 is 1. The van der Waals surface area contributed by atoms with Gasteiger partial charge in [-0.2, -0.15) is 4.31 Å². The number of carbonyl (C=O) groups is 1. The Balaban J connectivity index is 2.43. The average molecular weight is 283 g/mol. The van der Waals surface area contributed by atoms with Gasteiger partial charge in [-0.15, -0.1) is 0 Å². The van der Waals surface area contributed by atoms with Crippen LogP contribution < -0.4 is 0 Å². The third kappa shape index (κ3) is 2.64. The standard InChI is InChI=1S/C13H17NO4S/c1-10-5-6-11(9-12(10)13(15)18-2)19(16,17)14-7-3-4-8-14/h5-6,9H,3-4,7-8H2,1-2H3. The number of sulfonamides is 1. The van der Waals surface area contributed by atoms with Gasteiger partial charge >= 0.3 is 5.97 Å². The molecule has 5 nitrogen and oxygen atoms in total. The lowest BCUT2D eigenvalue weighted by molar-refractivity contribution is 0.0599. The van der Waals surface area contributed by atoms with Crippen LogP contribution in [0, 0.1) is 6.92 Å². The second-order valence-corrected chi connectivity index (χ2v) is 6.52. The molecule has 0 amide bonds. The zero-order valence-electron chi connectivity index (χ0n) is 11.0. The molecule has 1 saturated heterocycles. The van der Waals surface area contributed by atoms with Crippen molar-refractivity contribution in [2.45, 2.75) is 24.7 Å². The Labute approximate surface area is 113 Å². The molecule has 0 aromatic heterocycles. The number of esters is 1. The molecule has 1 aliphatic rings. The van der Waals surface area contributed by atoms with E-state index < -0.39 is 16.0 Å². The van der Waals surface area contributed by atoms with Crippen LogP contribution in [0.3, 0.4) is 0 Å². The summed E-state index contributed by atoms with van der Waals surface area (Å²) in [5.74, 6) is -0.518. The van der Waals surface area contributed by atoms with Crippen molar-refractivity contribution in [2.24, 2.45) is 0 Å². The van der Waals surface area contributed by atoms with E-state index in [1.165, 1.54) is 23.5 Å². The van der Waals surface area contributed by atoms with Crippen molar-refractivity contribution < 1.29 is 17.9 Å². The lowest BCUT2D eigenvalue weighted by atomic mass is 10.1. The van der Waals surface area contributed by atoms with E-state index in [9.17, 15) is 13.2 Å². The molecule has 0 saturated carbocycles. The Morgan fingerprint density at radius 1 is 1.26 bits per heavy atom. The van der Waals surface area contributed by atoms with Crippen molar-refractivity contribution >= 4 is 16.0 Å². The molecule has 0 unspecified atom stereocenters. The summed E-state index contributed by atoms with van der Waals surface area (Å²) in [5, 5.41) is 0. The number of nitrogens with zero attached hydrogens (tertiary/aromatic N) is 1. The molecule has 0 atom stereocenters. The van der Waals surface area contributed by atoms with E-state index in [2.05, 4.69) is 4.74 Å². The molecule has 0 aliphatic carbocycles. The predicted molar refractivity (Wildman–Crippen MR) is 70.5 cm³/mol. The van der Waals surface area contributed by atoms with Gasteiger partial charge in [0.2, 0.25) is 10.0 Å². The molecule has 19 heavy (non-hydrogen) atoms. The fraction of sp³-hybridized carbons (Fsp3) is 0.462. The molecule has 1 aliphatic heterocycles. The van der Waals surface area contributed by atoms with Gasteiger partial charge in [-0.3, -0.25) is 0 Å². The number of hydrogen-bond acceptors (Lipinski definition) is 4. The Kier molecular flexibility index (Phi) is 3.91. The molecule has 0 N–H and O–H groups in total. The third-order valence-corrected chi connectivity index (χ3v) is 5.21. The first-order valence-corrected chi connectivity index (χ1v) is 7.60. The quantitative estimate of drug-likeness (QED) is 0.790. The van der Waals surface area contributed by atoms with Crippen LogP contribution in [0.5, 0.6) is 0 Å². The maximum absolute atomic E-state index is 12.4. The molecular formula is C13H17NO4S. The molecule has 0 radical (unpaired) electrons. The van der Waals surface area contributed by atoms with Crippen molar-refractivity contribution in [3.63, 3.8) is 0 Å². The highest BCUT2D eigenvalue weighted by atomic mass is 32.2. The lowest BCUT2D eigenvalue weighted by Crippen LogP contribution is -2.28. The van der Waals surface area contributed by atoms with E-state index in [-0.39, 0.29) is 4.90 Å². The summed E-state index contributed by atoms with van der Waals surface area (Å²) < 4.78 is 30.9. The Bertz CT molecular complexity index is 589. The van der Waals surface area contributed by atoms with Crippen LogP contribution in [-0.2, 0) is 14.8 Å². The predicted octanol–water partition coefficient (Wildman–Crippen LogP) is 1.57. The highest BCUT2D eigenvalue weighted by Crippen LogP contribution is 2.23. The number of carbonyl (C=O) groups excluding carboxylic acids is 1. The van der Waals surface area contributed by atoms with Gasteiger partial charge in [-0.05, 0) is 37.5 Å². The molecule has 1 heterocycles. The smallest absolute Gasteiger partial charge is 0.338 e. The number of aryl methyl sites for hydroxylation is 1. The van der Waals surface area contributed by atoms with Gasteiger partial charge in [0, 0.05) is 13.1 Å². The minimum Gasteiger partial charge on any atom is -0.465 e. The molecule has 104 valence electrons. The minimum atomic E-state index is -3.49. The summed E-state index contributed by atoms with van der Waals surface area (Å²) >= 11 is 0. The first-order valence-electron chi connectivity index (χ1n) is 6.16. The van der Waals surface area contributed by atoms with Crippen molar-refractivity contribution in [2.75, 3.05) is 20.2 Å². The van der Waals surface area contributed by atoms with Crippen LogP contribution in [-0.4, -0.2) is 38.9 Å². The van der Waals surface area contributed by atoms with Crippen molar-refractivity contribution in [1.29, 1.82) is 0 Å². The maximum Gasteiger partial charge on any atom is 0.338 e. The van der Waals surface area contributed by atoms with Gasteiger partial charge in [0.1, 0.15) is 0 Å². The lowest BCUT2D eigenvalue weighted by Gasteiger charge is -2.16. The van der Waals surface area contributed by atoms with Gasteiger partial charge < -0.3 is 4.74 Å². The Hall–Kier alpha value is -1.40. The third-order valence-electron chi connectivity index (χ3n) is 3.32. The second-order valence-electron chi connectivity index (χ2n) is 4.58. The summed E-state index contributed by atoms with van der Waals surface area (Å²) in [6, 6.07) is 4.57. The van der Waals surface area contributed by atoms with Gasteiger partial charge in [0.25, 0.3) is 0 Å². The van der Waals surface area contributed by atoms with Crippen molar-refractivity contribution in [3.8, 4) is 0 Å². The van der Waals surface area contributed by atoms with E-state index >= 15 is 0 Å². The second kappa shape index (κ2) is 5.30. The summed E-state index contributed by atoms with van der Waals surface area (Å²) in [4.78, 5) is 11.8. The summed E-state index contributed by atoms with van der Waals surface area (Å²) in [6.45, 7) is 2.84. The number of benzene rings is 1. The van der Waals surface area contributed by atoms with E-state index in [1.807, 2.05) is 0 Å². The number of rotatable bonds is 3. The van der Waals surface area contributed by atoms with Crippen molar-refractivity contribution in [3.05, 3.63) is 29.3 Å². The van der Waals surface area contributed by atoms with Gasteiger partial charge in [-0.25, -0.2) is 13.2 Å². The summed E-state index contributed by atoms with van der Waals surface area (Å²) in [6.07, 6.45) is 1.77. The minimum absolute atomic E-state index is 0.153. The SMILES string of the molecule is COC(=O)c1cc(S(=O)(=O)N2CCCC2)ccc1C. The molecule has 2 rings (SSSR count). The van der Waals surface area contributed by atoms with Crippen LogP contribution in [0.15, 0.2) is 23.1 Å². The van der Waals surface area contributed by atoms with E-state index in [0.29, 0.717) is 24.2 Å². The van der Waals surface area contributed by atoms with Crippen LogP contribution in [0.2, 0.25) is 0 Å². The van der Waals surface area contributed by atoms with Crippen LogP contribution in [0.1, 0.15) is 28.8 Å². The van der Waals surface area contributed by atoms with E-state index in [4.69, 9.17) is 0 Å². The van der Waals surface area contributed by atoms with E-state index in [1.54, 1.807) is 13.0 Å². The van der Waals surface area contributed by atoms with Crippen LogP contribution in [0.4, 0.5) is 0 Å². The molecule has 1 aromatic carbocycles. The number of ether oxygens (including phenoxy) is 1. The van der Waals surface area contributed by atoms with Gasteiger partial charge in [0.05, 0.1) is 17.6 Å². The maximum atomic E-state index is 12.4.